The van der Waals surface area contributed by atoms with E-state index >= 15 is 0 Å². The first kappa shape index (κ1) is 15.3. The summed E-state index contributed by atoms with van der Waals surface area (Å²) in [5, 5.41) is 13.3. The first-order chi connectivity index (χ1) is 11.1. The van der Waals surface area contributed by atoms with Gasteiger partial charge in [0.1, 0.15) is 5.58 Å². The number of furan rings is 1. The molecule has 0 radical (unpaired) electrons. The summed E-state index contributed by atoms with van der Waals surface area (Å²) in [6.45, 7) is 3.86. The monoisotopic (exact) mass is 309 g/mol. The number of rotatable bonds is 4. The van der Waals surface area contributed by atoms with E-state index in [0.717, 1.165) is 22.1 Å². The summed E-state index contributed by atoms with van der Waals surface area (Å²) in [6, 6.07) is 14.6. The SMILES string of the molecule is Cc1cc2cc(C(=O)N[C@H](CO)c3ccccc3)oc2cc1C. The van der Waals surface area contributed by atoms with E-state index in [1.165, 1.54) is 0 Å². The third-order valence-corrected chi connectivity index (χ3v) is 4.05. The van der Waals surface area contributed by atoms with Gasteiger partial charge in [0.25, 0.3) is 5.91 Å². The number of amides is 1. The molecule has 0 saturated heterocycles. The molecule has 0 aliphatic carbocycles. The van der Waals surface area contributed by atoms with Gasteiger partial charge in [-0.1, -0.05) is 30.3 Å². The number of carbonyl (C=O) groups excluding carboxylic acids is 1. The summed E-state index contributed by atoms with van der Waals surface area (Å²) in [5.74, 6) is -0.0845. The molecule has 0 aliphatic heterocycles. The first-order valence-electron chi connectivity index (χ1n) is 7.56. The smallest absolute Gasteiger partial charge is 0.287 e. The predicted molar refractivity (Wildman–Crippen MR) is 89.4 cm³/mol. The van der Waals surface area contributed by atoms with E-state index in [1.807, 2.05) is 56.3 Å². The second-order valence-electron chi connectivity index (χ2n) is 5.70. The number of aliphatic hydroxyl groups is 1. The number of nitrogens with one attached hydrogen (secondary N) is 1. The molecule has 0 aliphatic rings. The van der Waals surface area contributed by atoms with E-state index < -0.39 is 6.04 Å². The zero-order chi connectivity index (χ0) is 16.4. The molecule has 2 aromatic carbocycles. The van der Waals surface area contributed by atoms with Gasteiger partial charge in [0.05, 0.1) is 12.6 Å². The molecule has 1 amide bonds. The molecule has 3 rings (SSSR count). The average Bonchev–Trinajstić information content (AvgIpc) is 2.96. The van der Waals surface area contributed by atoms with Crippen molar-refractivity contribution in [1.29, 1.82) is 0 Å². The highest BCUT2D eigenvalue weighted by Gasteiger charge is 2.18. The molecule has 0 bridgehead atoms. The molecule has 23 heavy (non-hydrogen) atoms. The summed E-state index contributed by atoms with van der Waals surface area (Å²) in [7, 11) is 0. The van der Waals surface area contributed by atoms with E-state index in [4.69, 9.17) is 4.42 Å². The maximum atomic E-state index is 12.4. The van der Waals surface area contributed by atoms with Crippen molar-refractivity contribution >= 4 is 16.9 Å². The molecular weight excluding hydrogens is 290 g/mol. The quantitative estimate of drug-likeness (QED) is 0.775. The van der Waals surface area contributed by atoms with Crippen LogP contribution in [0.4, 0.5) is 0 Å². The standard InChI is InChI=1S/C19H19NO3/c1-12-8-15-10-18(23-17(15)9-13(12)2)19(22)20-16(11-21)14-6-4-3-5-7-14/h3-10,16,21H,11H2,1-2H3,(H,20,22)/t16-/m1/s1. The van der Waals surface area contributed by atoms with Crippen LogP contribution < -0.4 is 5.32 Å². The minimum absolute atomic E-state index is 0.172. The Morgan fingerprint density at radius 1 is 1.13 bits per heavy atom. The highest BCUT2D eigenvalue weighted by molar-refractivity contribution is 5.96. The fourth-order valence-corrected chi connectivity index (χ4v) is 2.56. The van der Waals surface area contributed by atoms with Crippen molar-refractivity contribution in [2.24, 2.45) is 0 Å². The Balaban J connectivity index is 1.85. The summed E-state index contributed by atoms with van der Waals surface area (Å²) in [4.78, 5) is 12.4. The van der Waals surface area contributed by atoms with Gasteiger partial charge in [0, 0.05) is 5.39 Å². The van der Waals surface area contributed by atoms with Crippen LogP contribution in [0.3, 0.4) is 0 Å². The van der Waals surface area contributed by atoms with E-state index in [1.54, 1.807) is 6.07 Å². The summed E-state index contributed by atoms with van der Waals surface area (Å²) in [5.41, 5.74) is 3.82. The minimum atomic E-state index is -0.458. The van der Waals surface area contributed by atoms with E-state index in [9.17, 15) is 9.90 Å². The lowest BCUT2D eigenvalue weighted by Crippen LogP contribution is -2.30. The van der Waals surface area contributed by atoms with Crippen LogP contribution in [0.25, 0.3) is 11.0 Å². The first-order valence-corrected chi connectivity index (χ1v) is 7.56. The lowest BCUT2D eigenvalue weighted by atomic mass is 10.1. The highest BCUT2D eigenvalue weighted by Crippen LogP contribution is 2.23. The molecule has 0 unspecified atom stereocenters. The summed E-state index contributed by atoms with van der Waals surface area (Å²) < 4.78 is 5.65. The van der Waals surface area contributed by atoms with E-state index in [0.29, 0.717) is 5.58 Å². The fraction of sp³-hybridized carbons (Fsp3) is 0.211. The fourth-order valence-electron chi connectivity index (χ4n) is 2.56. The lowest BCUT2D eigenvalue weighted by molar-refractivity contribution is 0.0890. The molecule has 3 aromatic rings. The van der Waals surface area contributed by atoms with Gasteiger partial charge >= 0.3 is 0 Å². The topological polar surface area (TPSA) is 62.5 Å². The number of aryl methyl sites for hydroxylation is 2. The Labute approximate surface area is 134 Å². The zero-order valence-corrected chi connectivity index (χ0v) is 13.2. The van der Waals surface area contributed by atoms with Gasteiger partial charge in [0.15, 0.2) is 5.76 Å². The summed E-state index contributed by atoms with van der Waals surface area (Å²) in [6.07, 6.45) is 0. The van der Waals surface area contributed by atoms with Crippen LogP contribution in [0.2, 0.25) is 0 Å². The van der Waals surface area contributed by atoms with Crippen molar-refractivity contribution in [2.75, 3.05) is 6.61 Å². The van der Waals surface area contributed by atoms with Gasteiger partial charge in [-0.3, -0.25) is 4.79 Å². The highest BCUT2D eigenvalue weighted by atomic mass is 16.3. The predicted octanol–water partition coefficient (Wildman–Crippen LogP) is 3.51. The van der Waals surface area contributed by atoms with Gasteiger partial charge in [-0.2, -0.15) is 0 Å². The Hall–Kier alpha value is -2.59. The van der Waals surface area contributed by atoms with Crippen LogP contribution in [0, 0.1) is 13.8 Å². The van der Waals surface area contributed by atoms with E-state index in [2.05, 4.69) is 5.32 Å². The molecular formula is C19H19NO3. The average molecular weight is 309 g/mol. The van der Waals surface area contributed by atoms with Gasteiger partial charge in [0.2, 0.25) is 0 Å². The largest absolute Gasteiger partial charge is 0.451 e. The van der Waals surface area contributed by atoms with Crippen molar-refractivity contribution in [3.05, 3.63) is 71.0 Å². The number of hydrogen-bond donors (Lipinski definition) is 2. The van der Waals surface area contributed by atoms with Crippen LogP contribution in [-0.4, -0.2) is 17.6 Å². The molecule has 1 atom stereocenters. The maximum Gasteiger partial charge on any atom is 0.287 e. The van der Waals surface area contributed by atoms with Crippen LogP contribution >= 0.6 is 0 Å². The zero-order valence-electron chi connectivity index (χ0n) is 13.2. The van der Waals surface area contributed by atoms with Crippen LogP contribution in [0.1, 0.15) is 33.3 Å². The maximum absolute atomic E-state index is 12.4. The molecule has 1 heterocycles. The van der Waals surface area contributed by atoms with Crippen LogP contribution in [0.5, 0.6) is 0 Å². The second-order valence-corrected chi connectivity index (χ2v) is 5.70. The molecule has 0 spiro atoms. The second kappa shape index (κ2) is 6.26. The van der Waals surface area contributed by atoms with Crippen molar-refractivity contribution in [1.82, 2.24) is 5.32 Å². The molecule has 2 N–H and O–H groups in total. The Morgan fingerprint density at radius 3 is 2.52 bits per heavy atom. The van der Waals surface area contributed by atoms with Crippen LogP contribution in [-0.2, 0) is 0 Å². The van der Waals surface area contributed by atoms with Crippen molar-refractivity contribution in [3.8, 4) is 0 Å². The van der Waals surface area contributed by atoms with Crippen molar-refractivity contribution < 1.29 is 14.3 Å². The number of carbonyl (C=O) groups is 1. The Morgan fingerprint density at radius 2 is 1.83 bits per heavy atom. The number of fused-ring (bicyclic) bond motifs is 1. The Kier molecular flexibility index (Phi) is 4.17. The third kappa shape index (κ3) is 3.12. The molecule has 4 nitrogen and oxygen atoms in total. The molecule has 4 heteroatoms. The lowest BCUT2D eigenvalue weighted by Gasteiger charge is -2.15. The van der Waals surface area contributed by atoms with Gasteiger partial charge in [-0.05, 0) is 48.7 Å². The number of hydrogen-bond acceptors (Lipinski definition) is 3. The third-order valence-electron chi connectivity index (χ3n) is 4.05. The van der Waals surface area contributed by atoms with Gasteiger partial charge in [-0.25, -0.2) is 0 Å². The number of benzene rings is 2. The van der Waals surface area contributed by atoms with Gasteiger partial charge in [-0.15, -0.1) is 0 Å². The van der Waals surface area contributed by atoms with Gasteiger partial charge < -0.3 is 14.8 Å². The van der Waals surface area contributed by atoms with Crippen LogP contribution in [0.15, 0.2) is 52.9 Å². The molecule has 0 saturated carbocycles. The molecule has 0 fully saturated rings. The van der Waals surface area contributed by atoms with E-state index in [-0.39, 0.29) is 18.3 Å². The minimum Gasteiger partial charge on any atom is -0.451 e. The normalized spacial score (nSPS) is 12.3. The molecule has 118 valence electrons. The number of aliphatic hydroxyl groups excluding tert-OH is 1. The Bertz CT molecular complexity index is 797. The molecule has 1 aromatic heterocycles. The van der Waals surface area contributed by atoms with Crippen molar-refractivity contribution in [3.63, 3.8) is 0 Å². The summed E-state index contributed by atoms with van der Waals surface area (Å²) >= 11 is 0. The van der Waals surface area contributed by atoms with Crippen molar-refractivity contribution in [2.45, 2.75) is 19.9 Å².